The summed E-state index contributed by atoms with van der Waals surface area (Å²) in [5, 5.41) is 4.95. The molecule has 1 aromatic rings. The molecule has 118 valence electrons. The number of esters is 1. The van der Waals surface area contributed by atoms with Gasteiger partial charge in [-0.3, -0.25) is 9.59 Å². The Morgan fingerprint density at radius 3 is 2.82 bits per heavy atom. The van der Waals surface area contributed by atoms with Crippen LogP contribution in [0.2, 0.25) is 5.02 Å². The molecule has 1 heterocycles. The van der Waals surface area contributed by atoms with E-state index < -0.39 is 29.8 Å². The van der Waals surface area contributed by atoms with Crippen LogP contribution in [0.1, 0.15) is 19.8 Å². The predicted octanol–water partition coefficient (Wildman–Crippen LogP) is 1.63. The van der Waals surface area contributed by atoms with Crippen LogP contribution in [0.5, 0.6) is 0 Å². The Morgan fingerprint density at radius 1 is 1.50 bits per heavy atom. The van der Waals surface area contributed by atoms with Crippen molar-refractivity contribution in [1.29, 1.82) is 0 Å². The lowest BCUT2D eigenvalue weighted by atomic mass is 10.2. The molecule has 2 N–H and O–H groups in total. The van der Waals surface area contributed by atoms with Crippen LogP contribution in [0.4, 0.5) is 10.1 Å². The fourth-order valence-electron chi connectivity index (χ4n) is 1.93. The summed E-state index contributed by atoms with van der Waals surface area (Å²) in [7, 11) is 0. The highest BCUT2D eigenvalue weighted by molar-refractivity contribution is 6.30. The molecule has 2 rings (SSSR count). The van der Waals surface area contributed by atoms with Crippen molar-refractivity contribution in [2.45, 2.75) is 31.9 Å². The number of hydrogen-bond donors (Lipinski definition) is 2. The maximum Gasteiger partial charge on any atom is 0.329 e. The molecular formula is C14H14ClFN2O4. The molecular weight excluding hydrogens is 315 g/mol. The minimum absolute atomic E-state index is 0.0635. The third kappa shape index (κ3) is 3.94. The topological polar surface area (TPSA) is 84.5 Å². The fraction of sp³-hybridized carbons (Fsp3) is 0.357. The lowest BCUT2D eigenvalue weighted by Gasteiger charge is -2.16. The number of rotatable bonds is 4. The molecule has 8 heteroatoms. The number of halogens is 2. The Kier molecular flexibility index (Phi) is 4.97. The van der Waals surface area contributed by atoms with Crippen molar-refractivity contribution in [3.05, 3.63) is 29.0 Å². The molecule has 0 spiro atoms. The molecule has 0 radical (unpaired) electrons. The van der Waals surface area contributed by atoms with Crippen molar-refractivity contribution >= 4 is 35.1 Å². The van der Waals surface area contributed by atoms with Crippen LogP contribution in [0.3, 0.4) is 0 Å². The maximum atomic E-state index is 13.6. The van der Waals surface area contributed by atoms with Gasteiger partial charge in [-0.1, -0.05) is 11.6 Å². The second-order valence-electron chi connectivity index (χ2n) is 4.85. The number of hydrogen-bond acceptors (Lipinski definition) is 4. The second-order valence-corrected chi connectivity index (χ2v) is 5.29. The van der Waals surface area contributed by atoms with Gasteiger partial charge in [-0.25, -0.2) is 9.18 Å². The van der Waals surface area contributed by atoms with Gasteiger partial charge in [0.2, 0.25) is 5.91 Å². The maximum absolute atomic E-state index is 13.6. The predicted molar refractivity (Wildman–Crippen MR) is 76.8 cm³/mol. The summed E-state index contributed by atoms with van der Waals surface area (Å²) in [4.78, 5) is 34.7. The Bertz CT molecular complexity index is 623. The van der Waals surface area contributed by atoms with E-state index >= 15 is 0 Å². The van der Waals surface area contributed by atoms with Gasteiger partial charge >= 0.3 is 5.97 Å². The number of carbonyl (C=O) groups is 3. The molecule has 2 atom stereocenters. The largest absolute Gasteiger partial charge is 0.451 e. The number of benzene rings is 1. The summed E-state index contributed by atoms with van der Waals surface area (Å²) in [6, 6.07) is 3.05. The van der Waals surface area contributed by atoms with Crippen molar-refractivity contribution in [3.8, 4) is 0 Å². The summed E-state index contributed by atoms with van der Waals surface area (Å²) in [6.07, 6.45) is -0.547. The summed E-state index contributed by atoms with van der Waals surface area (Å²) < 4.78 is 18.5. The van der Waals surface area contributed by atoms with Crippen LogP contribution in [-0.4, -0.2) is 29.9 Å². The van der Waals surface area contributed by atoms with Crippen LogP contribution < -0.4 is 10.6 Å². The highest BCUT2D eigenvalue weighted by Crippen LogP contribution is 2.19. The van der Waals surface area contributed by atoms with Crippen LogP contribution in [0.15, 0.2) is 18.2 Å². The highest BCUT2D eigenvalue weighted by Gasteiger charge is 2.30. The average molecular weight is 329 g/mol. The number of nitrogens with one attached hydrogen (secondary N) is 2. The minimum atomic E-state index is -1.12. The van der Waals surface area contributed by atoms with Crippen LogP contribution in [0.25, 0.3) is 0 Å². The lowest BCUT2D eigenvalue weighted by molar-refractivity contribution is -0.155. The van der Waals surface area contributed by atoms with E-state index in [1.165, 1.54) is 19.1 Å². The van der Waals surface area contributed by atoms with E-state index in [-0.39, 0.29) is 23.0 Å². The third-order valence-electron chi connectivity index (χ3n) is 3.13. The summed E-state index contributed by atoms with van der Waals surface area (Å²) in [5.74, 6) is -2.30. The highest BCUT2D eigenvalue weighted by atomic mass is 35.5. The quantitative estimate of drug-likeness (QED) is 0.823. The van der Waals surface area contributed by atoms with Gasteiger partial charge in [-0.15, -0.1) is 0 Å². The summed E-state index contributed by atoms with van der Waals surface area (Å²) in [6.45, 7) is 1.36. The normalized spacial score (nSPS) is 18.5. The van der Waals surface area contributed by atoms with Crippen LogP contribution >= 0.6 is 11.6 Å². The molecule has 0 aromatic heterocycles. The van der Waals surface area contributed by atoms with Crippen molar-refractivity contribution in [3.63, 3.8) is 0 Å². The number of ether oxygens (including phenoxy) is 1. The van der Waals surface area contributed by atoms with Crippen molar-refractivity contribution in [2.24, 2.45) is 0 Å². The zero-order valence-electron chi connectivity index (χ0n) is 11.7. The van der Waals surface area contributed by atoms with Gasteiger partial charge in [0.15, 0.2) is 6.10 Å². The Hall–Kier alpha value is -2.15. The average Bonchev–Trinajstić information content (AvgIpc) is 2.88. The van der Waals surface area contributed by atoms with Gasteiger partial charge in [0.05, 0.1) is 5.69 Å². The third-order valence-corrected chi connectivity index (χ3v) is 3.37. The summed E-state index contributed by atoms with van der Waals surface area (Å²) >= 11 is 5.61. The molecule has 22 heavy (non-hydrogen) atoms. The summed E-state index contributed by atoms with van der Waals surface area (Å²) in [5.41, 5.74) is -0.0635. The molecule has 1 aromatic carbocycles. The number of amides is 2. The molecule has 0 bridgehead atoms. The first-order chi connectivity index (χ1) is 10.4. The van der Waals surface area contributed by atoms with E-state index in [0.717, 1.165) is 6.07 Å². The molecule has 2 amide bonds. The standard InChI is InChI=1S/C14H14ClFN2O4/c1-7(22-14(21)11-4-5-12(19)17-11)13(20)18-10-3-2-8(15)6-9(10)16/h2-3,6-7,11H,4-5H2,1H3,(H,17,19)(H,18,20)/t7-,11+/m0/s1. The zero-order chi connectivity index (χ0) is 16.3. The van der Waals surface area contributed by atoms with Crippen molar-refractivity contribution in [2.75, 3.05) is 5.32 Å². The molecule has 1 aliphatic rings. The number of anilines is 1. The SMILES string of the molecule is C[C@H](OC(=O)[C@H]1CCC(=O)N1)C(=O)Nc1ccc(Cl)cc1F. The first-order valence-corrected chi connectivity index (χ1v) is 7.00. The van der Waals surface area contributed by atoms with Gasteiger partial charge in [-0.2, -0.15) is 0 Å². The molecule has 1 fully saturated rings. The van der Waals surface area contributed by atoms with Crippen LogP contribution in [-0.2, 0) is 19.1 Å². The Balaban J connectivity index is 1.91. The molecule has 0 saturated carbocycles. The van der Waals surface area contributed by atoms with Gasteiger partial charge in [0, 0.05) is 11.4 Å². The van der Waals surface area contributed by atoms with E-state index in [4.69, 9.17) is 16.3 Å². The van der Waals surface area contributed by atoms with Gasteiger partial charge in [0.1, 0.15) is 11.9 Å². The van der Waals surface area contributed by atoms with Crippen LogP contribution in [0, 0.1) is 5.82 Å². The first kappa shape index (κ1) is 16.2. The van der Waals surface area contributed by atoms with Gasteiger partial charge in [-0.05, 0) is 31.5 Å². The van der Waals surface area contributed by atoms with E-state index in [9.17, 15) is 18.8 Å². The lowest BCUT2D eigenvalue weighted by Crippen LogP contribution is -2.39. The molecule has 1 aliphatic heterocycles. The molecule has 1 saturated heterocycles. The zero-order valence-corrected chi connectivity index (χ0v) is 12.4. The fourth-order valence-corrected chi connectivity index (χ4v) is 2.08. The van der Waals surface area contributed by atoms with Gasteiger partial charge in [0.25, 0.3) is 5.91 Å². The van der Waals surface area contributed by atoms with Crippen molar-refractivity contribution < 1.29 is 23.5 Å². The van der Waals surface area contributed by atoms with Crippen molar-refractivity contribution in [1.82, 2.24) is 5.32 Å². The van der Waals surface area contributed by atoms with E-state index in [2.05, 4.69) is 10.6 Å². The molecule has 0 unspecified atom stereocenters. The Morgan fingerprint density at radius 2 is 2.23 bits per heavy atom. The Labute approximate surface area is 131 Å². The minimum Gasteiger partial charge on any atom is -0.451 e. The first-order valence-electron chi connectivity index (χ1n) is 6.62. The second kappa shape index (κ2) is 6.74. The number of carbonyl (C=O) groups excluding carboxylic acids is 3. The molecule has 6 nitrogen and oxygen atoms in total. The monoisotopic (exact) mass is 328 g/mol. The van der Waals surface area contributed by atoms with E-state index in [1.807, 2.05) is 0 Å². The van der Waals surface area contributed by atoms with E-state index in [0.29, 0.717) is 6.42 Å². The van der Waals surface area contributed by atoms with Gasteiger partial charge < -0.3 is 15.4 Å². The molecule has 0 aliphatic carbocycles. The smallest absolute Gasteiger partial charge is 0.329 e. The van der Waals surface area contributed by atoms with E-state index in [1.54, 1.807) is 0 Å².